The molecule has 2 heterocycles. The van der Waals surface area contributed by atoms with Crippen molar-refractivity contribution in [3.05, 3.63) is 42.4 Å². The van der Waals surface area contributed by atoms with E-state index in [0.29, 0.717) is 22.6 Å². The molecule has 0 bridgehead atoms. The highest BCUT2D eigenvalue weighted by atomic mass is 32.2. The molecule has 28 heavy (non-hydrogen) atoms. The van der Waals surface area contributed by atoms with E-state index in [1.807, 2.05) is 11.6 Å². The number of ether oxygens (including phenoxy) is 1. The van der Waals surface area contributed by atoms with Crippen molar-refractivity contribution in [2.75, 3.05) is 18.2 Å². The van der Waals surface area contributed by atoms with Gasteiger partial charge in [-0.25, -0.2) is 23.1 Å². The number of benzene rings is 1. The average Bonchev–Trinajstić information content (AvgIpc) is 2.99. The molecule has 0 unspecified atom stereocenters. The quantitative estimate of drug-likeness (QED) is 0.642. The molecule has 0 fully saturated rings. The zero-order chi connectivity index (χ0) is 20.5. The van der Waals surface area contributed by atoms with E-state index in [-0.39, 0.29) is 12.3 Å². The van der Waals surface area contributed by atoms with E-state index in [1.54, 1.807) is 42.7 Å². The van der Waals surface area contributed by atoms with Crippen molar-refractivity contribution >= 4 is 32.6 Å². The molecule has 1 aromatic carbocycles. The maximum atomic E-state index is 12.9. The lowest BCUT2D eigenvalue weighted by atomic mass is 10.1. The Kier molecular flexibility index (Phi) is 5.47. The summed E-state index contributed by atoms with van der Waals surface area (Å²) in [7, 11) is 0.0999. The van der Waals surface area contributed by atoms with Crippen molar-refractivity contribution in [2.24, 2.45) is 7.05 Å². The lowest BCUT2D eigenvalue weighted by molar-refractivity contribution is -0.0494. The van der Waals surface area contributed by atoms with Crippen LogP contribution in [-0.4, -0.2) is 42.9 Å². The van der Waals surface area contributed by atoms with Crippen LogP contribution in [0.5, 0.6) is 5.75 Å². The summed E-state index contributed by atoms with van der Waals surface area (Å²) < 4.78 is 57.1. The van der Waals surface area contributed by atoms with Crippen LogP contribution >= 0.6 is 0 Å². The Morgan fingerprint density at radius 2 is 2.04 bits per heavy atom. The van der Waals surface area contributed by atoms with Gasteiger partial charge in [-0.2, -0.15) is 8.78 Å². The van der Waals surface area contributed by atoms with E-state index in [2.05, 4.69) is 19.4 Å². The lowest BCUT2D eigenvalue weighted by Crippen LogP contribution is -2.21. The number of nitrogens with one attached hydrogen (secondary N) is 1. The van der Waals surface area contributed by atoms with Gasteiger partial charge in [0.25, 0.3) is 0 Å². The number of halogens is 2. The first-order valence-corrected chi connectivity index (χ1v) is 10.1. The molecular weight excluding hydrogens is 392 g/mol. The topological polar surface area (TPSA) is 89.4 Å². The Hall–Kier alpha value is -2.79. The molecule has 8 nitrogen and oxygen atoms in total. The zero-order valence-corrected chi connectivity index (χ0v) is 16.2. The van der Waals surface area contributed by atoms with Crippen LogP contribution in [0.3, 0.4) is 0 Å². The molecule has 0 aliphatic heterocycles. The number of nitrogens with zero attached hydrogens (tertiary/aromatic N) is 4. The zero-order valence-electron chi connectivity index (χ0n) is 15.4. The van der Waals surface area contributed by atoms with Gasteiger partial charge in [-0.05, 0) is 17.7 Å². The molecule has 0 amide bonds. The standard InChI is InChI=1S/C17H19F2N5O3S/c1-23-10-21-12-9-20-16(7-14(12)23)24(2)13-5-4-11(8-22-28(3,25)26)6-15(13)27-17(18)19/h4-7,9-10,17,22H,8H2,1-3H3. The van der Waals surface area contributed by atoms with Gasteiger partial charge in [0.15, 0.2) is 0 Å². The smallest absolute Gasteiger partial charge is 0.387 e. The van der Waals surface area contributed by atoms with Gasteiger partial charge in [0.2, 0.25) is 10.0 Å². The average molecular weight is 411 g/mol. The van der Waals surface area contributed by atoms with Crippen LogP contribution in [0.2, 0.25) is 0 Å². The maximum absolute atomic E-state index is 12.9. The molecule has 0 spiro atoms. The molecule has 0 atom stereocenters. The second-order valence-corrected chi connectivity index (χ2v) is 8.05. The SMILES string of the molecule is CN(c1cc2c(cn1)ncn2C)c1ccc(CNS(C)(=O)=O)cc1OC(F)F. The number of anilines is 2. The van der Waals surface area contributed by atoms with E-state index in [0.717, 1.165) is 11.8 Å². The largest absolute Gasteiger partial charge is 0.433 e. The van der Waals surface area contributed by atoms with Crippen molar-refractivity contribution in [1.29, 1.82) is 0 Å². The number of rotatable bonds is 7. The van der Waals surface area contributed by atoms with Gasteiger partial charge in [-0.3, -0.25) is 0 Å². The summed E-state index contributed by atoms with van der Waals surface area (Å²) in [5.41, 5.74) is 2.39. The summed E-state index contributed by atoms with van der Waals surface area (Å²) in [6.45, 7) is -3.07. The molecule has 150 valence electrons. The molecule has 2 aromatic heterocycles. The van der Waals surface area contributed by atoms with Crippen LogP contribution in [0, 0.1) is 0 Å². The van der Waals surface area contributed by atoms with Gasteiger partial charge in [0.05, 0.1) is 30.0 Å². The van der Waals surface area contributed by atoms with Crippen molar-refractivity contribution in [3.63, 3.8) is 0 Å². The van der Waals surface area contributed by atoms with Crippen LogP contribution in [-0.2, 0) is 23.6 Å². The van der Waals surface area contributed by atoms with Crippen molar-refractivity contribution < 1.29 is 21.9 Å². The molecular formula is C17H19F2N5O3S. The number of hydrogen-bond acceptors (Lipinski definition) is 6. The molecule has 1 N–H and O–H groups in total. The van der Waals surface area contributed by atoms with Crippen LogP contribution in [0.25, 0.3) is 11.0 Å². The third-order valence-corrected chi connectivity index (χ3v) is 4.75. The fourth-order valence-corrected chi connectivity index (χ4v) is 3.11. The second-order valence-electron chi connectivity index (χ2n) is 6.22. The van der Waals surface area contributed by atoms with E-state index < -0.39 is 16.6 Å². The van der Waals surface area contributed by atoms with Crippen molar-refractivity contribution in [1.82, 2.24) is 19.3 Å². The minimum absolute atomic E-state index is 0.0400. The number of sulfonamides is 1. The third kappa shape index (κ3) is 4.54. The predicted molar refractivity (Wildman–Crippen MR) is 101 cm³/mol. The Bertz CT molecular complexity index is 1100. The van der Waals surface area contributed by atoms with Gasteiger partial charge < -0.3 is 14.2 Å². The minimum Gasteiger partial charge on any atom is -0.433 e. The summed E-state index contributed by atoms with van der Waals surface area (Å²) in [4.78, 5) is 10.1. The van der Waals surface area contributed by atoms with Crippen molar-refractivity contribution in [2.45, 2.75) is 13.2 Å². The summed E-state index contributed by atoms with van der Waals surface area (Å²) in [5.74, 6) is 0.425. The molecule has 0 radical (unpaired) electrons. The lowest BCUT2D eigenvalue weighted by Gasteiger charge is -2.22. The molecule has 0 saturated carbocycles. The van der Waals surface area contributed by atoms with E-state index in [1.165, 1.54) is 6.07 Å². The normalized spacial score (nSPS) is 11.9. The molecule has 0 aliphatic carbocycles. The highest BCUT2D eigenvalue weighted by Crippen LogP contribution is 2.34. The number of hydrogen-bond donors (Lipinski definition) is 1. The van der Waals surface area contributed by atoms with Gasteiger partial charge in [0, 0.05) is 26.7 Å². The molecule has 3 aromatic rings. The highest BCUT2D eigenvalue weighted by molar-refractivity contribution is 7.88. The predicted octanol–water partition coefficient (Wildman–Crippen LogP) is 2.39. The first-order chi connectivity index (χ1) is 13.1. The van der Waals surface area contributed by atoms with Crippen LogP contribution in [0.4, 0.5) is 20.3 Å². The number of imidazole rings is 1. The number of pyridine rings is 1. The molecule has 0 aliphatic rings. The third-order valence-electron chi connectivity index (χ3n) is 4.08. The Labute approximate surface area is 160 Å². The maximum Gasteiger partial charge on any atom is 0.387 e. The Morgan fingerprint density at radius 3 is 2.71 bits per heavy atom. The summed E-state index contributed by atoms with van der Waals surface area (Å²) in [6, 6.07) is 6.36. The van der Waals surface area contributed by atoms with Gasteiger partial charge >= 0.3 is 6.61 Å². The highest BCUT2D eigenvalue weighted by Gasteiger charge is 2.17. The fourth-order valence-electron chi connectivity index (χ4n) is 2.68. The summed E-state index contributed by atoms with van der Waals surface area (Å²) in [5, 5.41) is 0. The monoisotopic (exact) mass is 411 g/mol. The Morgan fingerprint density at radius 1 is 1.29 bits per heavy atom. The minimum atomic E-state index is -3.41. The van der Waals surface area contributed by atoms with Gasteiger partial charge in [-0.1, -0.05) is 6.07 Å². The summed E-state index contributed by atoms with van der Waals surface area (Å²) in [6.07, 6.45) is 4.27. The number of aromatic nitrogens is 3. The van der Waals surface area contributed by atoms with Gasteiger partial charge in [-0.15, -0.1) is 0 Å². The van der Waals surface area contributed by atoms with Crippen molar-refractivity contribution in [3.8, 4) is 5.75 Å². The van der Waals surface area contributed by atoms with Gasteiger partial charge in [0.1, 0.15) is 17.1 Å². The molecule has 11 heteroatoms. The second kappa shape index (κ2) is 7.68. The summed E-state index contributed by atoms with van der Waals surface area (Å²) >= 11 is 0. The first kappa shape index (κ1) is 20.0. The number of fused-ring (bicyclic) bond motifs is 1. The molecule has 3 rings (SSSR count). The first-order valence-electron chi connectivity index (χ1n) is 8.17. The van der Waals surface area contributed by atoms with Crippen LogP contribution in [0.1, 0.15) is 5.56 Å². The van der Waals surface area contributed by atoms with E-state index >= 15 is 0 Å². The number of alkyl halides is 2. The fraction of sp³-hybridized carbons (Fsp3) is 0.294. The van der Waals surface area contributed by atoms with Crippen LogP contribution in [0.15, 0.2) is 36.8 Å². The molecule has 0 saturated heterocycles. The Balaban J connectivity index is 1.96. The number of aryl methyl sites for hydroxylation is 1. The van der Waals surface area contributed by atoms with E-state index in [4.69, 9.17) is 0 Å². The van der Waals surface area contributed by atoms with Crippen LogP contribution < -0.4 is 14.4 Å². The van der Waals surface area contributed by atoms with E-state index in [9.17, 15) is 17.2 Å².